The van der Waals surface area contributed by atoms with Crippen LogP contribution >= 0.6 is 0 Å². The van der Waals surface area contributed by atoms with E-state index in [1.807, 2.05) is 13.8 Å². The summed E-state index contributed by atoms with van der Waals surface area (Å²) in [5.74, 6) is -1.24. The first kappa shape index (κ1) is 26.9. The van der Waals surface area contributed by atoms with Gasteiger partial charge in [-0.25, -0.2) is 4.98 Å². The van der Waals surface area contributed by atoms with Gasteiger partial charge in [0.25, 0.3) is 0 Å². The molecular weight excluding hydrogens is 449 g/mol. The van der Waals surface area contributed by atoms with Gasteiger partial charge in [0, 0.05) is 36.6 Å². The van der Waals surface area contributed by atoms with Crippen molar-refractivity contribution >= 4 is 35.0 Å². The number of carbonyl (C=O) groups excluding carboxylic acids is 2. The minimum atomic E-state index is -4.66. The summed E-state index contributed by atoms with van der Waals surface area (Å²) in [5, 5.41) is 11.2. The fraction of sp³-hybridized carbons (Fsp3) is 0.478. The molecule has 0 spiro atoms. The number of amides is 2. The van der Waals surface area contributed by atoms with Gasteiger partial charge in [-0.05, 0) is 51.0 Å². The molecule has 11 heteroatoms. The van der Waals surface area contributed by atoms with E-state index in [4.69, 9.17) is 0 Å². The van der Waals surface area contributed by atoms with Crippen LogP contribution in [-0.2, 0) is 15.8 Å². The standard InChI is InChI=1S/C22H27F3N6O2.CH4/c1-12(2)27-20(33)16-5-4-6-18(16)30-19-17(22(23,24)25)11-26-21(31-19)29-15-9-7-14(8-10-15)28-13(3)32;/h7-12,16,18H,4-6H2,1-3H3,(H,27,33)(H,28,32)(H2,26,29,30,31);1H4/t16-,18+;/m0./s1. The summed E-state index contributed by atoms with van der Waals surface area (Å²) in [5.41, 5.74) is 0.115. The van der Waals surface area contributed by atoms with Gasteiger partial charge < -0.3 is 21.3 Å². The largest absolute Gasteiger partial charge is 0.421 e. The van der Waals surface area contributed by atoms with Gasteiger partial charge in [0.1, 0.15) is 11.4 Å². The topological polar surface area (TPSA) is 108 Å². The third kappa shape index (κ3) is 7.06. The molecule has 3 rings (SSSR count). The molecule has 1 saturated carbocycles. The number of aromatic nitrogens is 2. The Morgan fingerprint density at radius 3 is 2.32 bits per heavy atom. The lowest BCUT2D eigenvalue weighted by Crippen LogP contribution is -2.41. The molecule has 0 saturated heterocycles. The van der Waals surface area contributed by atoms with Crippen molar-refractivity contribution in [1.82, 2.24) is 15.3 Å². The normalized spacial score (nSPS) is 17.6. The molecule has 4 N–H and O–H groups in total. The van der Waals surface area contributed by atoms with Crippen molar-refractivity contribution in [1.29, 1.82) is 0 Å². The van der Waals surface area contributed by atoms with Gasteiger partial charge in [0.15, 0.2) is 0 Å². The van der Waals surface area contributed by atoms with Crippen LogP contribution in [0, 0.1) is 5.92 Å². The first-order chi connectivity index (χ1) is 15.5. The second kappa shape index (κ2) is 11.2. The molecule has 2 atom stereocenters. The Morgan fingerprint density at radius 1 is 1.09 bits per heavy atom. The number of benzene rings is 1. The number of nitrogens with one attached hydrogen (secondary N) is 4. The maximum absolute atomic E-state index is 13.6. The van der Waals surface area contributed by atoms with Crippen LogP contribution in [0.15, 0.2) is 30.5 Å². The molecule has 1 aliphatic carbocycles. The van der Waals surface area contributed by atoms with Crippen molar-refractivity contribution in [2.24, 2.45) is 5.92 Å². The van der Waals surface area contributed by atoms with Crippen molar-refractivity contribution in [3.8, 4) is 0 Å². The van der Waals surface area contributed by atoms with E-state index in [2.05, 4.69) is 31.2 Å². The minimum Gasteiger partial charge on any atom is -0.366 e. The molecule has 1 aliphatic rings. The van der Waals surface area contributed by atoms with E-state index in [1.54, 1.807) is 24.3 Å². The molecule has 1 heterocycles. The third-order valence-electron chi connectivity index (χ3n) is 5.16. The first-order valence-electron chi connectivity index (χ1n) is 10.7. The summed E-state index contributed by atoms with van der Waals surface area (Å²) >= 11 is 0. The van der Waals surface area contributed by atoms with Gasteiger partial charge in [0.05, 0.1) is 5.92 Å². The molecule has 0 bridgehead atoms. The van der Waals surface area contributed by atoms with Gasteiger partial charge in [0.2, 0.25) is 17.8 Å². The average molecular weight is 481 g/mol. The van der Waals surface area contributed by atoms with Gasteiger partial charge in [-0.2, -0.15) is 18.2 Å². The van der Waals surface area contributed by atoms with Gasteiger partial charge in [-0.1, -0.05) is 13.8 Å². The highest BCUT2D eigenvalue weighted by Crippen LogP contribution is 2.36. The zero-order valence-corrected chi connectivity index (χ0v) is 18.6. The van der Waals surface area contributed by atoms with E-state index >= 15 is 0 Å². The molecular formula is C23H31F3N6O2. The Bertz CT molecular complexity index is 995. The summed E-state index contributed by atoms with van der Waals surface area (Å²) in [4.78, 5) is 31.5. The lowest BCUT2D eigenvalue weighted by molar-refractivity contribution is -0.137. The van der Waals surface area contributed by atoms with Crippen LogP contribution in [-0.4, -0.2) is 33.9 Å². The highest BCUT2D eigenvalue weighted by atomic mass is 19.4. The molecule has 0 unspecified atom stereocenters. The van der Waals surface area contributed by atoms with Crippen LogP contribution in [0.5, 0.6) is 0 Å². The average Bonchev–Trinajstić information content (AvgIpc) is 3.16. The molecule has 1 aromatic heterocycles. The van der Waals surface area contributed by atoms with Crippen LogP contribution in [0.4, 0.5) is 36.3 Å². The lowest BCUT2D eigenvalue weighted by atomic mass is 10.0. The number of anilines is 4. The van der Waals surface area contributed by atoms with Crippen LogP contribution < -0.4 is 21.3 Å². The molecule has 2 amide bonds. The number of halogens is 3. The van der Waals surface area contributed by atoms with Gasteiger partial charge in [-0.15, -0.1) is 0 Å². The van der Waals surface area contributed by atoms with Gasteiger partial charge >= 0.3 is 6.18 Å². The number of nitrogens with zero attached hydrogens (tertiary/aromatic N) is 2. The minimum absolute atomic E-state index is 0. The maximum atomic E-state index is 13.6. The summed E-state index contributed by atoms with van der Waals surface area (Å²) in [7, 11) is 0. The summed E-state index contributed by atoms with van der Waals surface area (Å²) in [6.45, 7) is 5.06. The number of hydrogen-bond donors (Lipinski definition) is 4. The Balaban J connectivity index is 0.00000408. The quantitative estimate of drug-likeness (QED) is 0.447. The zero-order chi connectivity index (χ0) is 24.2. The molecule has 186 valence electrons. The second-order valence-electron chi connectivity index (χ2n) is 8.29. The van der Waals surface area contributed by atoms with Gasteiger partial charge in [-0.3, -0.25) is 9.59 Å². The maximum Gasteiger partial charge on any atom is 0.421 e. The number of rotatable bonds is 7. The number of alkyl halides is 3. The highest BCUT2D eigenvalue weighted by Gasteiger charge is 2.38. The summed E-state index contributed by atoms with van der Waals surface area (Å²) in [6, 6.07) is 6.04. The van der Waals surface area contributed by atoms with E-state index in [9.17, 15) is 22.8 Å². The SMILES string of the molecule is C.CC(=O)Nc1ccc(Nc2ncc(C(F)(F)F)c(N[C@@H]3CCC[C@@H]3C(=O)NC(C)C)n2)cc1. The van der Waals surface area contributed by atoms with E-state index in [-0.39, 0.29) is 37.0 Å². The second-order valence-corrected chi connectivity index (χ2v) is 8.29. The lowest BCUT2D eigenvalue weighted by Gasteiger charge is -2.24. The van der Waals surface area contributed by atoms with Crippen molar-refractivity contribution in [3.63, 3.8) is 0 Å². The first-order valence-corrected chi connectivity index (χ1v) is 10.7. The Kier molecular flexibility index (Phi) is 8.83. The van der Waals surface area contributed by atoms with Crippen LogP contribution in [0.2, 0.25) is 0 Å². The Hall–Kier alpha value is -3.37. The smallest absolute Gasteiger partial charge is 0.366 e. The molecule has 0 aliphatic heterocycles. The monoisotopic (exact) mass is 480 g/mol. The third-order valence-corrected chi connectivity index (χ3v) is 5.16. The summed E-state index contributed by atoms with van der Waals surface area (Å²) in [6.07, 6.45) is -2.05. The van der Waals surface area contributed by atoms with E-state index in [0.29, 0.717) is 24.2 Å². The van der Waals surface area contributed by atoms with Crippen LogP contribution in [0.3, 0.4) is 0 Å². The molecule has 1 fully saturated rings. The Morgan fingerprint density at radius 2 is 1.74 bits per heavy atom. The molecule has 1 aromatic carbocycles. The molecule has 8 nitrogen and oxygen atoms in total. The van der Waals surface area contributed by atoms with Crippen molar-refractivity contribution in [2.75, 3.05) is 16.0 Å². The molecule has 2 aromatic rings. The van der Waals surface area contributed by atoms with Crippen LogP contribution in [0.1, 0.15) is 53.0 Å². The van der Waals surface area contributed by atoms with E-state index in [1.165, 1.54) is 6.92 Å². The predicted octanol–water partition coefficient (Wildman–Crippen LogP) is 4.94. The summed E-state index contributed by atoms with van der Waals surface area (Å²) < 4.78 is 40.8. The zero-order valence-electron chi connectivity index (χ0n) is 18.6. The number of hydrogen-bond acceptors (Lipinski definition) is 6. The fourth-order valence-corrected chi connectivity index (χ4v) is 3.74. The highest BCUT2D eigenvalue weighted by molar-refractivity contribution is 5.88. The van der Waals surface area contributed by atoms with Crippen molar-refractivity contribution in [2.45, 2.75) is 65.7 Å². The van der Waals surface area contributed by atoms with E-state index in [0.717, 1.165) is 12.6 Å². The van der Waals surface area contributed by atoms with Crippen molar-refractivity contribution in [3.05, 3.63) is 36.0 Å². The predicted molar refractivity (Wildman–Crippen MR) is 126 cm³/mol. The molecule has 0 radical (unpaired) electrons. The Labute approximate surface area is 197 Å². The number of carbonyl (C=O) groups is 2. The molecule has 34 heavy (non-hydrogen) atoms. The fourth-order valence-electron chi connectivity index (χ4n) is 3.74. The van der Waals surface area contributed by atoms with E-state index < -0.39 is 23.7 Å². The van der Waals surface area contributed by atoms with Crippen LogP contribution in [0.25, 0.3) is 0 Å². The van der Waals surface area contributed by atoms with Crippen molar-refractivity contribution < 1.29 is 22.8 Å².